The Kier molecular flexibility index (Phi) is 4.94. The van der Waals surface area contributed by atoms with Crippen LogP contribution < -0.4 is 10.2 Å². The number of hydrogen-bond donors (Lipinski definition) is 1. The fourth-order valence-electron chi connectivity index (χ4n) is 2.85. The van der Waals surface area contributed by atoms with Gasteiger partial charge in [-0.1, -0.05) is 28.1 Å². The molecule has 1 atom stereocenters. The Balaban J connectivity index is 1.67. The second kappa shape index (κ2) is 7.13. The summed E-state index contributed by atoms with van der Waals surface area (Å²) in [5.41, 5.74) is 2.79. The topological polar surface area (TPSA) is 62.3 Å². The van der Waals surface area contributed by atoms with Crippen LogP contribution in [0.15, 0.2) is 47.2 Å². The summed E-state index contributed by atoms with van der Waals surface area (Å²) in [5.74, 6) is -0.987. The number of pyridine rings is 1. The molecule has 1 aliphatic rings. The van der Waals surface area contributed by atoms with Gasteiger partial charge in [0.15, 0.2) is 0 Å². The van der Waals surface area contributed by atoms with Crippen molar-refractivity contribution in [3.05, 3.63) is 58.3 Å². The van der Waals surface area contributed by atoms with E-state index >= 15 is 0 Å². The molecule has 1 unspecified atom stereocenters. The smallest absolute Gasteiger partial charge is 0.239 e. The minimum absolute atomic E-state index is 0.139. The van der Waals surface area contributed by atoms with E-state index in [0.29, 0.717) is 19.5 Å². The summed E-state index contributed by atoms with van der Waals surface area (Å²) in [7, 11) is 0. The lowest BCUT2D eigenvalue weighted by Crippen LogP contribution is -2.36. The van der Waals surface area contributed by atoms with E-state index in [1.54, 1.807) is 17.3 Å². The Hall–Kier alpha value is -2.21. The van der Waals surface area contributed by atoms with Crippen LogP contribution in [-0.2, 0) is 16.1 Å². The van der Waals surface area contributed by atoms with E-state index < -0.39 is 5.92 Å². The zero-order chi connectivity index (χ0) is 17.1. The van der Waals surface area contributed by atoms with Crippen LogP contribution in [0.1, 0.15) is 17.5 Å². The van der Waals surface area contributed by atoms with Crippen LogP contribution in [0.3, 0.4) is 0 Å². The van der Waals surface area contributed by atoms with Gasteiger partial charge in [0.05, 0.1) is 0 Å². The van der Waals surface area contributed by atoms with Crippen molar-refractivity contribution < 1.29 is 9.59 Å². The van der Waals surface area contributed by atoms with Crippen LogP contribution in [0.25, 0.3) is 0 Å². The van der Waals surface area contributed by atoms with Crippen LogP contribution in [0.4, 0.5) is 5.69 Å². The molecule has 2 heterocycles. The molecule has 0 aliphatic carbocycles. The number of benzene rings is 1. The molecule has 1 fully saturated rings. The molecular formula is C18H18BrN3O2. The first kappa shape index (κ1) is 16.6. The Morgan fingerprint density at radius 2 is 2.25 bits per heavy atom. The fourth-order valence-corrected chi connectivity index (χ4v) is 3.20. The highest BCUT2D eigenvalue weighted by Gasteiger charge is 2.37. The van der Waals surface area contributed by atoms with E-state index in [1.807, 2.05) is 37.3 Å². The molecular weight excluding hydrogens is 370 g/mol. The Bertz CT molecular complexity index is 764. The average molecular weight is 388 g/mol. The number of nitrogens with zero attached hydrogens (tertiary/aromatic N) is 2. The molecule has 0 spiro atoms. The van der Waals surface area contributed by atoms with Gasteiger partial charge in [-0.3, -0.25) is 14.6 Å². The Morgan fingerprint density at radius 1 is 1.42 bits per heavy atom. The predicted octanol–water partition coefficient (Wildman–Crippen LogP) is 2.82. The molecule has 1 saturated heterocycles. The molecule has 2 amide bonds. The number of aromatic nitrogens is 1. The highest BCUT2D eigenvalue weighted by atomic mass is 79.9. The Morgan fingerprint density at radius 3 is 3.00 bits per heavy atom. The number of hydrogen-bond acceptors (Lipinski definition) is 3. The van der Waals surface area contributed by atoms with E-state index in [0.717, 1.165) is 21.3 Å². The number of halogens is 1. The van der Waals surface area contributed by atoms with Crippen molar-refractivity contribution in [2.24, 2.45) is 5.92 Å². The molecule has 0 bridgehead atoms. The standard InChI is InChI=1S/C18H18BrN3O2/c1-12-4-5-14(19)9-16(12)22-8-6-15(18(22)24)17(23)21-11-13-3-2-7-20-10-13/h2-5,7,9-10,15H,6,8,11H2,1H3,(H,21,23). The highest BCUT2D eigenvalue weighted by Crippen LogP contribution is 2.30. The summed E-state index contributed by atoms with van der Waals surface area (Å²) >= 11 is 3.43. The highest BCUT2D eigenvalue weighted by molar-refractivity contribution is 9.10. The van der Waals surface area contributed by atoms with Gasteiger partial charge in [-0.2, -0.15) is 0 Å². The molecule has 0 radical (unpaired) electrons. The molecule has 1 aliphatic heterocycles. The first-order chi connectivity index (χ1) is 11.6. The van der Waals surface area contributed by atoms with Gasteiger partial charge in [0.1, 0.15) is 5.92 Å². The second-order valence-corrected chi connectivity index (χ2v) is 6.76. The zero-order valence-corrected chi connectivity index (χ0v) is 14.9. The van der Waals surface area contributed by atoms with Crippen LogP contribution >= 0.6 is 15.9 Å². The SMILES string of the molecule is Cc1ccc(Br)cc1N1CCC(C(=O)NCc2cccnc2)C1=O. The largest absolute Gasteiger partial charge is 0.351 e. The van der Waals surface area contributed by atoms with E-state index in [2.05, 4.69) is 26.2 Å². The van der Waals surface area contributed by atoms with Crippen LogP contribution in [0.2, 0.25) is 0 Å². The summed E-state index contributed by atoms with van der Waals surface area (Å²) in [5, 5.41) is 2.83. The lowest BCUT2D eigenvalue weighted by molar-refractivity contribution is -0.132. The quantitative estimate of drug-likeness (QED) is 0.820. The van der Waals surface area contributed by atoms with Crippen LogP contribution in [0.5, 0.6) is 0 Å². The monoisotopic (exact) mass is 387 g/mol. The van der Waals surface area contributed by atoms with Gasteiger partial charge in [-0.15, -0.1) is 0 Å². The molecule has 5 nitrogen and oxygen atoms in total. The van der Waals surface area contributed by atoms with Crippen molar-refractivity contribution >= 4 is 33.4 Å². The zero-order valence-electron chi connectivity index (χ0n) is 13.3. The first-order valence-electron chi connectivity index (χ1n) is 7.80. The van der Waals surface area contributed by atoms with Crippen LogP contribution in [-0.4, -0.2) is 23.3 Å². The number of carbonyl (C=O) groups is 2. The second-order valence-electron chi connectivity index (χ2n) is 5.84. The number of nitrogens with one attached hydrogen (secondary N) is 1. The average Bonchev–Trinajstić information content (AvgIpc) is 2.97. The summed E-state index contributed by atoms with van der Waals surface area (Å²) < 4.78 is 0.917. The fraction of sp³-hybridized carbons (Fsp3) is 0.278. The van der Waals surface area contributed by atoms with Crippen molar-refractivity contribution in [3.8, 4) is 0 Å². The van der Waals surface area contributed by atoms with Crippen molar-refractivity contribution in [2.45, 2.75) is 19.9 Å². The van der Waals surface area contributed by atoms with Gasteiger partial charge >= 0.3 is 0 Å². The van der Waals surface area contributed by atoms with Gasteiger partial charge in [-0.05, 0) is 42.7 Å². The molecule has 0 saturated carbocycles. The number of amides is 2. The van der Waals surface area contributed by atoms with Crippen molar-refractivity contribution in [2.75, 3.05) is 11.4 Å². The third-order valence-corrected chi connectivity index (χ3v) is 4.67. The minimum Gasteiger partial charge on any atom is -0.351 e. The number of carbonyl (C=O) groups excluding carboxylic acids is 2. The molecule has 1 aromatic carbocycles. The lowest BCUT2D eigenvalue weighted by Gasteiger charge is -2.19. The van der Waals surface area contributed by atoms with Crippen molar-refractivity contribution in [1.82, 2.24) is 10.3 Å². The predicted molar refractivity (Wildman–Crippen MR) is 95.4 cm³/mol. The summed E-state index contributed by atoms with van der Waals surface area (Å²) in [4.78, 5) is 30.7. The molecule has 124 valence electrons. The number of aryl methyl sites for hydroxylation is 1. The number of rotatable bonds is 4. The molecule has 3 rings (SSSR count). The normalized spacial score (nSPS) is 17.2. The molecule has 1 N–H and O–H groups in total. The summed E-state index contributed by atoms with van der Waals surface area (Å²) in [6.07, 6.45) is 3.92. The van der Waals surface area contributed by atoms with Crippen molar-refractivity contribution in [3.63, 3.8) is 0 Å². The number of anilines is 1. The Labute approximate surface area is 149 Å². The third kappa shape index (κ3) is 3.48. The van der Waals surface area contributed by atoms with Gasteiger partial charge in [0, 0.05) is 35.6 Å². The van der Waals surface area contributed by atoms with Gasteiger partial charge < -0.3 is 10.2 Å². The van der Waals surface area contributed by atoms with Crippen molar-refractivity contribution in [1.29, 1.82) is 0 Å². The maximum Gasteiger partial charge on any atom is 0.239 e. The van der Waals surface area contributed by atoms with Crippen LogP contribution in [0, 0.1) is 12.8 Å². The van der Waals surface area contributed by atoms with E-state index in [-0.39, 0.29) is 11.8 Å². The van der Waals surface area contributed by atoms with E-state index in [4.69, 9.17) is 0 Å². The summed E-state index contributed by atoms with van der Waals surface area (Å²) in [6, 6.07) is 9.53. The van der Waals surface area contributed by atoms with E-state index in [9.17, 15) is 9.59 Å². The third-order valence-electron chi connectivity index (χ3n) is 4.17. The molecule has 6 heteroatoms. The summed E-state index contributed by atoms with van der Waals surface area (Å²) in [6.45, 7) is 2.90. The van der Waals surface area contributed by atoms with Gasteiger partial charge in [0.2, 0.25) is 11.8 Å². The molecule has 24 heavy (non-hydrogen) atoms. The molecule has 2 aromatic rings. The minimum atomic E-state index is -0.625. The first-order valence-corrected chi connectivity index (χ1v) is 8.59. The van der Waals surface area contributed by atoms with Gasteiger partial charge in [-0.25, -0.2) is 0 Å². The maximum absolute atomic E-state index is 12.7. The van der Waals surface area contributed by atoms with Gasteiger partial charge in [0.25, 0.3) is 0 Å². The maximum atomic E-state index is 12.7. The molecule has 1 aromatic heterocycles. The van der Waals surface area contributed by atoms with E-state index in [1.165, 1.54) is 0 Å². The lowest BCUT2D eigenvalue weighted by atomic mass is 10.1.